The van der Waals surface area contributed by atoms with Gasteiger partial charge in [0.25, 0.3) is 0 Å². The van der Waals surface area contributed by atoms with Crippen LogP contribution in [0.4, 0.5) is 11.7 Å². The molecule has 1 radical (unpaired) electrons. The first-order valence-corrected chi connectivity index (χ1v) is 3.61. The highest BCUT2D eigenvalue weighted by Crippen LogP contribution is 2.12. The summed E-state index contributed by atoms with van der Waals surface area (Å²) >= 11 is 0. The van der Waals surface area contributed by atoms with Crippen LogP contribution in [0.5, 0.6) is 0 Å². The second-order valence-electron chi connectivity index (χ2n) is 2.26. The standard InChI is InChI=1S/C9H7N2O/c1-2-4-8(5-3-1)11-9-10-6-7-12-9/h1-7H. The molecule has 0 aliphatic heterocycles. The molecule has 2 rings (SSSR count). The number of benzene rings is 1. The molecule has 3 nitrogen and oxygen atoms in total. The largest absolute Gasteiger partial charge is 0.431 e. The zero-order valence-corrected chi connectivity index (χ0v) is 6.34. The van der Waals surface area contributed by atoms with Crippen LogP contribution in [-0.4, -0.2) is 4.98 Å². The van der Waals surface area contributed by atoms with Crippen LogP contribution in [0, 0.1) is 0 Å². The first-order valence-electron chi connectivity index (χ1n) is 3.61. The van der Waals surface area contributed by atoms with E-state index in [2.05, 4.69) is 10.3 Å². The summed E-state index contributed by atoms with van der Waals surface area (Å²) in [6.07, 6.45) is 3.07. The van der Waals surface area contributed by atoms with Gasteiger partial charge >= 0.3 is 6.01 Å². The quantitative estimate of drug-likeness (QED) is 0.674. The Kier molecular flexibility index (Phi) is 1.78. The van der Waals surface area contributed by atoms with E-state index in [0.717, 1.165) is 5.69 Å². The molecule has 12 heavy (non-hydrogen) atoms. The number of para-hydroxylation sites is 1. The Balaban J connectivity index is 2.15. The molecule has 0 saturated heterocycles. The number of hydrogen-bond acceptors (Lipinski definition) is 2. The molecule has 0 aliphatic rings. The summed E-state index contributed by atoms with van der Waals surface area (Å²) in [4.78, 5) is 3.88. The van der Waals surface area contributed by atoms with Crippen molar-refractivity contribution in [3.05, 3.63) is 42.8 Å². The van der Waals surface area contributed by atoms with Gasteiger partial charge in [-0.05, 0) is 12.1 Å². The lowest BCUT2D eigenvalue weighted by Gasteiger charge is -1.94. The van der Waals surface area contributed by atoms with Crippen molar-refractivity contribution in [1.82, 2.24) is 10.3 Å². The van der Waals surface area contributed by atoms with Gasteiger partial charge in [-0.2, -0.15) is 5.32 Å². The van der Waals surface area contributed by atoms with E-state index in [1.54, 1.807) is 6.20 Å². The van der Waals surface area contributed by atoms with Crippen molar-refractivity contribution in [2.24, 2.45) is 0 Å². The SMILES string of the molecule is c1ccc([N]c2ncco2)cc1. The van der Waals surface area contributed by atoms with E-state index in [4.69, 9.17) is 4.42 Å². The second kappa shape index (κ2) is 3.09. The summed E-state index contributed by atoms with van der Waals surface area (Å²) in [5, 5.41) is 4.12. The van der Waals surface area contributed by atoms with Gasteiger partial charge in [0.2, 0.25) is 0 Å². The number of rotatable bonds is 2. The van der Waals surface area contributed by atoms with E-state index in [0.29, 0.717) is 6.01 Å². The van der Waals surface area contributed by atoms with Gasteiger partial charge in [0.1, 0.15) is 6.26 Å². The number of oxazole rings is 1. The van der Waals surface area contributed by atoms with Gasteiger partial charge in [-0.3, -0.25) is 0 Å². The van der Waals surface area contributed by atoms with Crippen LogP contribution < -0.4 is 5.32 Å². The minimum Gasteiger partial charge on any atom is -0.431 e. The summed E-state index contributed by atoms with van der Waals surface area (Å²) in [7, 11) is 0. The molecule has 3 heteroatoms. The molecule has 0 spiro atoms. The smallest absolute Gasteiger partial charge is 0.322 e. The van der Waals surface area contributed by atoms with Crippen molar-refractivity contribution in [1.29, 1.82) is 0 Å². The van der Waals surface area contributed by atoms with Crippen LogP contribution in [0.2, 0.25) is 0 Å². The Hall–Kier alpha value is -1.77. The summed E-state index contributed by atoms with van der Waals surface area (Å²) in [5.41, 5.74) is 0.847. The van der Waals surface area contributed by atoms with Crippen LogP contribution in [0.25, 0.3) is 0 Å². The summed E-state index contributed by atoms with van der Waals surface area (Å²) in [5.74, 6) is 0. The summed E-state index contributed by atoms with van der Waals surface area (Å²) < 4.78 is 4.96. The molecule has 0 amide bonds. The Morgan fingerprint density at radius 1 is 1.17 bits per heavy atom. The molecule has 0 unspecified atom stereocenters. The Labute approximate surface area is 70.1 Å². The van der Waals surface area contributed by atoms with Gasteiger partial charge in [0.15, 0.2) is 0 Å². The Morgan fingerprint density at radius 2 is 2.00 bits per heavy atom. The molecule has 1 aromatic heterocycles. The van der Waals surface area contributed by atoms with E-state index in [1.807, 2.05) is 30.3 Å². The maximum Gasteiger partial charge on any atom is 0.322 e. The summed E-state index contributed by atoms with van der Waals surface area (Å²) in [6, 6.07) is 9.95. The predicted octanol–water partition coefficient (Wildman–Crippen LogP) is 2.24. The van der Waals surface area contributed by atoms with E-state index in [1.165, 1.54) is 6.26 Å². The third-order valence-corrected chi connectivity index (χ3v) is 1.40. The zero-order valence-electron chi connectivity index (χ0n) is 6.34. The zero-order chi connectivity index (χ0) is 8.23. The van der Waals surface area contributed by atoms with Gasteiger partial charge in [-0.1, -0.05) is 18.2 Å². The van der Waals surface area contributed by atoms with Crippen LogP contribution in [0.1, 0.15) is 0 Å². The third-order valence-electron chi connectivity index (χ3n) is 1.40. The van der Waals surface area contributed by atoms with Crippen molar-refractivity contribution in [2.75, 3.05) is 0 Å². The van der Waals surface area contributed by atoms with E-state index < -0.39 is 0 Å². The second-order valence-corrected chi connectivity index (χ2v) is 2.26. The molecule has 0 aliphatic carbocycles. The highest BCUT2D eigenvalue weighted by Gasteiger charge is 1.98. The highest BCUT2D eigenvalue weighted by atomic mass is 16.4. The molecule has 1 aromatic carbocycles. The van der Waals surface area contributed by atoms with E-state index >= 15 is 0 Å². The van der Waals surface area contributed by atoms with Crippen LogP contribution in [-0.2, 0) is 0 Å². The van der Waals surface area contributed by atoms with Gasteiger partial charge in [-0.15, -0.1) is 0 Å². The van der Waals surface area contributed by atoms with Crippen molar-refractivity contribution < 1.29 is 4.42 Å². The lowest BCUT2D eigenvalue weighted by Crippen LogP contribution is -1.86. The third kappa shape index (κ3) is 1.45. The minimum absolute atomic E-state index is 0.390. The molecule has 0 atom stereocenters. The van der Waals surface area contributed by atoms with Crippen LogP contribution in [0.3, 0.4) is 0 Å². The summed E-state index contributed by atoms with van der Waals surface area (Å²) in [6.45, 7) is 0. The fourth-order valence-electron chi connectivity index (χ4n) is 0.884. The molecule has 0 bridgehead atoms. The average Bonchev–Trinajstić information content (AvgIpc) is 2.59. The van der Waals surface area contributed by atoms with Crippen LogP contribution >= 0.6 is 0 Å². The first-order chi connectivity index (χ1) is 5.95. The van der Waals surface area contributed by atoms with Crippen molar-refractivity contribution in [3.63, 3.8) is 0 Å². The monoisotopic (exact) mass is 159 g/mol. The van der Waals surface area contributed by atoms with Gasteiger partial charge in [0, 0.05) is 0 Å². The number of aromatic nitrogens is 1. The molecule has 2 aromatic rings. The van der Waals surface area contributed by atoms with Crippen molar-refractivity contribution >= 4 is 11.7 Å². The van der Waals surface area contributed by atoms with Gasteiger partial charge < -0.3 is 4.42 Å². The first kappa shape index (κ1) is 6.91. The predicted molar refractivity (Wildman–Crippen MR) is 44.4 cm³/mol. The van der Waals surface area contributed by atoms with Crippen molar-refractivity contribution in [3.8, 4) is 0 Å². The molecule has 1 heterocycles. The maximum absolute atomic E-state index is 4.96. The molecule has 0 fully saturated rings. The lowest BCUT2D eigenvalue weighted by atomic mass is 10.3. The Bertz CT molecular complexity index is 329. The van der Waals surface area contributed by atoms with E-state index in [9.17, 15) is 0 Å². The van der Waals surface area contributed by atoms with Crippen molar-refractivity contribution in [2.45, 2.75) is 0 Å². The molecule has 0 saturated carbocycles. The topological polar surface area (TPSA) is 40.1 Å². The Morgan fingerprint density at radius 3 is 2.67 bits per heavy atom. The van der Waals surface area contributed by atoms with Gasteiger partial charge in [0.05, 0.1) is 11.9 Å². The normalized spacial score (nSPS) is 9.67. The molecular formula is C9H7N2O. The number of nitrogens with zero attached hydrogens (tertiary/aromatic N) is 2. The fourth-order valence-corrected chi connectivity index (χ4v) is 0.884. The minimum atomic E-state index is 0.390. The highest BCUT2D eigenvalue weighted by molar-refractivity contribution is 5.39. The molecule has 0 N–H and O–H groups in total. The lowest BCUT2D eigenvalue weighted by molar-refractivity contribution is 0.550. The van der Waals surface area contributed by atoms with Crippen LogP contribution in [0.15, 0.2) is 47.2 Å². The molecular weight excluding hydrogens is 152 g/mol. The van der Waals surface area contributed by atoms with E-state index in [-0.39, 0.29) is 0 Å². The average molecular weight is 159 g/mol. The number of hydrogen-bond donors (Lipinski definition) is 0. The molecule has 59 valence electrons. The van der Waals surface area contributed by atoms with Gasteiger partial charge in [-0.25, -0.2) is 4.98 Å². The maximum atomic E-state index is 4.96. The fraction of sp³-hybridized carbons (Fsp3) is 0.